The minimum absolute atomic E-state index is 0.120. The second kappa shape index (κ2) is 9.58. The summed E-state index contributed by atoms with van der Waals surface area (Å²) in [6.07, 6.45) is -3.18. The van der Waals surface area contributed by atoms with Crippen molar-refractivity contribution in [2.75, 3.05) is 24.9 Å². The number of urea groups is 1. The van der Waals surface area contributed by atoms with Gasteiger partial charge < -0.3 is 19.5 Å². The summed E-state index contributed by atoms with van der Waals surface area (Å²) in [5.74, 6) is 0.573. The minimum atomic E-state index is -4.69. The van der Waals surface area contributed by atoms with E-state index in [4.69, 9.17) is 14.2 Å². The molecule has 0 aliphatic carbocycles. The van der Waals surface area contributed by atoms with Crippen molar-refractivity contribution in [2.24, 2.45) is 0 Å². The molecule has 0 fully saturated rings. The van der Waals surface area contributed by atoms with Gasteiger partial charge in [0.1, 0.15) is 17.3 Å². The fraction of sp³-hybridized carbons (Fsp3) is 0.143. The van der Waals surface area contributed by atoms with Gasteiger partial charge in [0.2, 0.25) is 10.1 Å². The van der Waals surface area contributed by atoms with E-state index in [2.05, 4.69) is 25.8 Å². The monoisotopic (exact) mass is 509 g/mol. The van der Waals surface area contributed by atoms with Crippen molar-refractivity contribution in [1.82, 2.24) is 15.2 Å². The Hall–Kier alpha value is -4.20. The first-order valence-electron chi connectivity index (χ1n) is 9.65. The molecule has 0 aliphatic heterocycles. The van der Waals surface area contributed by atoms with Gasteiger partial charge in [-0.05, 0) is 24.3 Å². The Bertz CT molecular complexity index is 1400. The molecule has 2 heterocycles. The molecule has 0 bridgehead atoms. The zero-order valence-corrected chi connectivity index (χ0v) is 18.8. The van der Waals surface area contributed by atoms with Crippen LogP contribution in [0, 0.1) is 5.82 Å². The van der Waals surface area contributed by atoms with Gasteiger partial charge in [0.05, 0.1) is 25.4 Å². The van der Waals surface area contributed by atoms with E-state index >= 15 is 0 Å². The molecule has 0 saturated heterocycles. The summed E-state index contributed by atoms with van der Waals surface area (Å²) < 4.78 is 68.8. The standard InChI is InChI=1S/C21H15F4N5O4S/c1-32-16-8-11-14(9-17(16)33-2)26-6-5-15(11)34-10-3-4-13(12(22)7-10)27-19(31)28-20-30-29-18(35-20)21(23,24)25/h3-9H,1-2H3,(H2,27,28,30,31). The fourth-order valence-corrected chi connectivity index (χ4v) is 3.57. The number of methoxy groups -OCH3 is 2. The molecule has 4 rings (SSSR count). The van der Waals surface area contributed by atoms with Crippen molar-refractivity contribution in [1.29, 1.82) is 0 Å². The normalized spacial score (nSPS) is 11.3. The number of halogens is 4. The number of hydrogen-bond acceptors (Lipinski definition) is 8. The van der Waals surface area contributed by atoms with Crippen LogP contribution in [-0.4, -0.2) is 35.4 Å². The van der Waals surface area contributed by atoms with Crippen molar-refractivity contribution in [3.05, 3.63) is 53.4 Å². The number of ether oxygens (including phenoxy) is 3. The number of pyridine rings is 1. The van der Waals surface area contributed by atoms with E-state index in [1.807, 2.05) is 0 Å². The highest BCUT2D eigenvalue weighted by molar-refractivity contribution is 7.15. The number of nitrogens with one attached hydrogen (secondary N) is 2. The third-order valence-corrected chi connectivity index (χ3v) is 5.39. The highest BCUT2D eigenvalue weighted by Gasteiger charge is 2.35. The molecule has 0 saturated carbocycles. The summed E-state index contributed by atoms with van der Waals surface area (Å²) >= 11 is 0.137. The first-order chi connectivity index (χ1) is 16.7. The topological polar surface area (TPSA) is 107 Å². The van der Waals surface area contributed by atoms with Gasteiger partial charge in [-0.1, -0.05) is 11.3 Å². The molecule has 0 aliphatic rings. The van der Waals surface area contributed by atoms with Gasteiger partial charge in [-0.3, -0.25) is 10.3 Å². The number of hydrogen-bond donors (Lipinski definition) is 2. The van der Waals surface area contributed by atoms with Crippen molar-refractivity contribution in [2.45, 2.75) is 6.18 Å². The number of carbonyl (C=O) groups excluding carboxylic acids is 1. The molecule has 0 unspecified atom stereocenters. The average Bonchev–Trinajstić information content (AvgIpc) is 3.29. The molecular weight excluding hydrogens is 494 g/mol. The van der Waals surface area contributed by atoms with Gasteiger partial charge in [0.15, 0.2) is 11.5 Å². The lowest BCUT2D eigenvalue weighted by molar-refractivity contribution is -0.138. The summed E-state index contributed by atoms with van der Waals surface area (Å²) in [7, 11) is 2.98. The molecule has 4 aromatic rings. The van der Waals surface area contributed by atoms with Crippen LogP contribution in [0.2, 0.25) is 0 Å². The fourth-order valence-electron chi connectivity index (χ4n) is 2.96. The average molecular weight is 509 g/mol. The van der Waals surface area contributed by atoms with Crippen LogP contribution in [-0.2, 0) is 6.18 Å². The Balaban J connectivity index is 1.49. The molecule has 2 amide bonds. The van der Waals surface area contributed by atoms with E-state index in [0.29, 0.717) is 28.2 Å². The first kappa shape index (κ1) is 23.9. The maximum atomic E-state index is 14.6. The van der Waals surface area contributed by atoms with E-state index in [-0.39, 0.29) is 22.8 Å². The SMILES string of the molecule is COc1cc2nccc(Oc3ccc(NC(=O)Nc4nnc(C(F)(F)F)s4)c(F)c3)c2cc1OC. The molecule has 182 valence electrons. The van der Waals surface area contributed by atoms with Gasteiger partial charge >= 0.3 is 12.2 Å². The summed E-state index contributed by atoms with van der Waals surface area (Å²) in [6, 6.07) is 7.60. The molecule has 2 aromatic heterocycles. The van der Waals surface area contributed by atoms with Gasteiger partial charge in [0.25, 0.3) is 0 Å². The Labute approximate surface area is 198 Å². The Morgan fingerprint density at radius 1 is 0.971 bits per heavy atom. The molecule has 2 N–H and O–H groups in total. The van der Waals surface area contributed by atoms with Crippen LogP contribution in [0.4, 0.5) is 33.2 Å². The molecule has 2 aromatic carbocycles. The molecule has 0 radical (unpaired) electrons. The highest BCUT2D eigenvalue weighted by Crippen LogP contribution is 2.37. The molecule has 14 heteroatoms. The second-order valence-electron chi connectivity index (χ2n) is 6.77. The lowest BCUT2D eigenvalue weighted by Gasteiger charge is -2.13. The number of carbonyl (C=O) groups is 1. The molecule has 0 atom stereocenters. The molecule has 9 nitrogen and oxygen atoms in total. The van der Waals surface area contributed by atoms with Crippen molar-refractivity contribution >= 4 is 39.1 Å². The van der Waals surface area contributed by atoms with Crippen LogP contribution >= 0.6 is 11.3 Å². The predicted molar refractivity (Wildman–Crippen MR) is 119 cm³/mol. The number of benzene rings is 2. The van der Waals surface area contributed by atoms with Crippen molar-refractivity contribution in [3.8, 4) is 23.0 Å². The maximum Gasteiger partial charge on any atom is 0.445 e. The summed E-state index contributed by atoms with van der Waals surface area (Å²) in [5.41, 5.74) is 0.322. The summed E-state index contributed by atoms with van der Waals surface area (Å²) in [5, 5.41) is 9.42. The van der Waals surface area contributed by atoms with E-state index < -0.39 is 28.2 Å². The number of anilines is 2. The van der Waals surface area contributed by atoms with Crippen LogP contribution in [0.5, 0.6) is 23.0 Å². The third-order valence-electron chi connectivity index (χ3n) is 4.51. The zero-order valence-electron chi connectivity index (χ0n) is 17.9. The lowest BCUT2D eigenvalue weighted by atomic mass is 10.2. The molecular formula is C21H15F4N5O4S. The lowest BCUT2D eigenvalue weighted by Crippen LogP contribution is -2.20. The Kier molecular flexibility index (Phi) is 6.55. The summed E-state index contributed by atoms with van der Waals surface area (Å²) in [6.45, 7) is 0. The Morgan fingerprint density at radius 3 is 2.37 bits per heavy atom. The largest absolute Gasteiger partial charge is 0.493 e. The van der Waals surface area contributed by atoms with Gasteiger partial charge in [-0.25, -0.2) is 9.18 Å². The van der Waals surface area contributed by atoms with E-state index in [1.165, 1.54) is 32.5 Å². The minimum Gasteiger partial charge on any atom is -0.493 e. The number of fused-ring (bicyclic) bond motifs is 1. The van der Waals surface area contributed by atoms with Gasteiger partial charge in [-0.2, -0.15) is 13.2 Å². The van der Waals surface area contributed by atoms with E-state index in [1.54, 1.807) is 18.2 Å². The molecule has 0 spiro atoms. The smallest absolute Gasteiger partial charge is 0.445 e. The number of amides is 2. The van der Waals surface area contributed by atoms with E-state index in [9.17, 15) is 22.4 Å². The van der Waals surface area contributed by atoms with Gasteiger partial charge in [-0.15, -0.1) is 10.2 Å². The predicted octanol–water partition coefficient (Wildman–Crippen LogP) is 5.70. The van der Waals surface area contributed by atoms with Crippen LogP contribution in [0.1, 0.15) is 5.01 Å². The van der Waals surface area contributed by atoms with Crippen molar-refractivity contribution < 1.29 is 36.6 Å². The number of rotatable bonds is 6. The molecule has 35 heavy (non-hydrogen) atoms. The van der Waals surface area contributed by atoms with Crippen molar-refractivity contribution in [3.63, 3.8) is 0 Å². The highest BCUT2D eigenvalue weighted by atomic mass is 32.1. The third kappa shape index (κ3) is 5.32. The second-order valence-corrected chi connectivity index (χ2v) is 7.74. The van der Waals surface area contributed by atoms with E-state index in [0.717, 1.165) is 6.07 Å². The van der Waals surface area contributed by atoms with Crippen LogP contribution in [0.3, 0.4) is 0 Å². The number of alkyl halides is 3. The van der Waals surface area contributed by atoms with Crippen LogP contribution in [0.15, 0.2) is 42.6 Å². The van der Waals surface area contributed by atoms with Gasteiger partial charge in [0, 0.05) is 23.7 Å². The van der Waals surface area contributed by atoms with Crippen LogP contribution < -0.4 is 24.8 Å². The Morgan fingerprint density at radius 2 is 1.71 bits per heavy atom. The first-order valence-corrected chi connectivity index (χ1v) is 10.5. The summed E-state index contributed by atoms with van der Waals surface area (Å²) in [4.78, 5) is 16.3. The quantitative estimate of drug-likeness (QED) is 0.321. The maximum absolute atomic E-state index is 14.6. The number of nitrogens with zero attached hydrogens (tertiary/aromatic N) is 3. The number of aromatic nitrogens is 3. The zero-order chi connectivity index (χ0) is 25.2. The van der Waals surface area contributed by atoms with Crippen LogP contribution in [0.25, 0.3) is 10.9 Å².